The monoisotopic (exact) mass is 342 g/mol. The summed E-state index contributed by atoms with van der Waals surface area (Å²) in [4.78, 5) is 40.0. The maximum absolute atomic E-state index is 13.4. The number of Topliss-reactive ketones (excluding diaryl/α,β-unsaturated/α-hetero) is 1. The van der Waals surface area contributed by atoms with Gasteiger partial charge in [-0.05, 0) is 13.8 Å². The van der Waals surface area contributed by atoms with Crippen molar-refractivity contribution < 1.29 is 33.7 Å². The molecular weight excluding hydrogens is 312 g/mol. The number of hydrogen-bond acceptors (Lipinski definition) is 5. The minimum absolute atomic E-state index is 0.0484. The number of hydrogen-bond donors (Lipinski definition) is 2. The van der Waals surface area contributed by atoms with Crippen LogP contribution in [-0.4, -0.2) is 71.2 Å². The molecular formula is C17H30N2O5+2. The number of rotatable bonds is 6. The lowest BCUT2D eigenvalue weighted by molar-refractivity contribution is -0.945. The molecule has 0 saturated carbocycles. The first-order valence-electron chi connectivity index (χ1n) is 8.75. The molecule has 0 aromatic rings. The molecule has 2 N–H and O–H groups in total. The van der Waals surface area contributed by atoms with E-state index in [1.54, 1.807) is 13.8 Å². The minimum Gasteiger partial charge on any atom is -0.466 e. The van der Waals surface area contributed by atoms with Crippen LogP contribution in [-0.2, 0) is 23.9 Å². The zero-order valence-corrected chi connectivity index (χ0v) is 15.2. The molecule has 0 aliphatic carbocycles. The number of piperidine rings is 2. The first-order valence-corrected chi connectivity index (χ1v) is 8.75. The Morgan fingerprint density at radius 3 is 1.50 bits per heavy atom. The maximum atomic E-state index is 13.4. The van der Waals surface area contributed by atoms with Gasteiger partial charge in [-0.15, -0.1) is 0 Å². The van der Waals surface area contributed by atoms with Gasteiger partial charge in [0.05, 0.1) is 66.3 Å². The molecule has 7 nitrogen and oxygen atoms in total. The minimum atomic E-state index is -0.747. The second-order valence-electron chi connectivity index (χ2n) is 7.47. The highest BCUT2D eigenvalue weighted by molar-refractivity contribution is 5.97. The second kappa shape index (κ2) is 7.19. The van der Waals surface area contributed by atoms with Crippen LogP contribution in [0.1, 0.15) is 26.7 Å². The lowest BCUT2D eigenvalue weighted by atomic mass is 9.60. The van der Waals surface area contributed by atoms with Crippen molar-refractivity contribution in [1.29, 1.82) is 0 Å². The third-order valence-corrected chi connectivity index (χ3v) is 5.10. The van der Waals surface area contributed by atoms with Crippen molar-refractivity contribution in [3.05, 3.63) is 0 Å². The highest BCUT2D eigenvalue weighted by atomic mass is 16.5. The molecule has 2 heterocycles. The molecule has 0 unspecified atom stereocenters. The van der Waals surface area contributed by atoms with Crippen LogP contribution < -0.4 is 9.80 Å². The van der Waals surface area contributed by atoms with Gasteiger partial charge in [0.15, 0.2) is 5.78 Å². The van der Waals surface area contributed by atoms with E-state index in [9.17, 15) is 14.4 Å². The number of carbonyl (C=O) groups excluding carboxylic acids is 3. The molecule has 0 atom stereocenters. The maximum Gasteiger partial charge on any atom is 0.307 e. The lowest BCUT2D eigenvalue weighted by Crippen LogP contribution is -3.23. The van der Waals surface area contributed by atoms with E-state index in [1.165, 1.54) is 9.80 Å². The van der Waals surface area contributed by atoms with E-state index in [2.05, 4.69) is 0 Å². The van der Waals surface area contributed by atoms with Gasteiger partial charge in [-0.1, -0.05) is 0 Å². The fourth-order valence-electron chi connectivity index (χ4n) is 4.83. The molecule has 0 amide bonds. The van der Waals surface area contributed by atoms with Gasteiger partial charge in [0.2, 0.25) is 0 Å². The lowest BCUT2D eigenvalue weighted by Gasteiger charge is -2.51. The van der Waals surface area contributed by atoms with E-state index in [-0.39, 0.29) is 30.6 Å². The number of carbonyl (C=O) groups is 3. The third-order valence-electron chi connectivity index (χ3n) is 5.10. The molecule has 2 saturated heterocycles. The van der Waals surface area contributed by atoms with Gasteiger partial charge in [0.25, 0.3) is 0 Å². The second-order valence-corrected chi connectivity index (χ2v) is 7.47. The molecule has 0 radical (unpaired) electrons. The molecule has 2 aliphatic rings. The third kappa shape index (κ3) is 3.62. The topological polar surface area (TPSA) is 78.6 Å². The van der Waals surface area contributed by atoms with Crippen LogP contribution in [0.5, 0.6) is 0 Å². The fourth-order valence-corrected chi connectivity index (χ4v) is 4.83. The van der Waals surface area contributed by atoms with Crippen molar-refractivity contribution in [3.63, 3.8) is 0 Å². The van der Waals surface area contributed by atoms with Crippen LogP contribution in [0.25, 0.3) is 0 Å². The molecule has 2 bridgehead atoms. The molecule has 2 aliphatic heterocycles. The SMILES string of the molecule is CCOC(=O)CC12C[NH+](C)CC(CC(=O)OCC)(C[NH+](C)C1)C2=O. The van der Waals surface area contributed by atoms with E-state index < -0.39 is 10.8 Å². The molecule has 0 aromatic heterocycles. The van der Waals surface area contributed by atoms with Gasteiger partial charge in [0.1, 0.15) is 10.8 Å². The number of fused-ring (bicyclic) bond motifs is 2. The number of nitrogens with one attached hydrogen (secondary N) is 2. The van der Waals surface area contributed by atoms with E-state index in [0.717, 1.165) is 0 Å². The Morgan fingerprint density at radius 2 is 1.21 bits per heavy atom. The fraction of sp³-hybridized carbons (Fsp3) is 0.824. The van der Waals surface area contributed by atoms with Gasteiger partial charge in [-0.3, -0.25) is 14.4 Å². The summed E-state index contributed by atoms with van der Waals surface area (Å²) < 4.78 is 10.2. The zero-order chi connectivity index (χ0) is 18.0. The summed E-state index contributed by atoms with van der Waals surface area (Å²) in [5.74, 6) is -0.618. The summed E-state index contributed by atoms with van der Waals surface area (Å²) >= 11 is 0. The van der Waals surface area contributed by atoms with Gasteiger partial charge >= 0.3 is 11.9 Å². The van der Waals surface area contributed by atoms with Gasteiger partial charge in [-0.25, -0.2) is 0 Å². The Balaban J connectivity index is 2.32. The first kappa shape index (κ1) is 18.9. The summed E-state index contributed by atoms with van der Waals surface area (Å²) in [6.45, 7) is 6.56. The van der Waals surface area contributed by atoms with Crippen molar-refractivity contribution in [2.75, 3.05) is 53.5 Å². The normalized spacial score (nSPS) is 35.4. The summed E-state index contributed by atoms with van der Waals surface area (Å²) in [5.41, 5.74) is -1.49. The van der Waals surface area contributed by atoms with E-state index in [1.807, 2.05) is 14.1 Å². The highest BCUT2D eigenvalue weighted by Gasteiger charge is 2.65. The van der Waals surface area contributed by atoms with Crippen molar-refractivity contribution in [3.8, 4) is 0 Å². The van der Waals surface area contributed by atoms with Crippen LogP contribution in [0, 0.1) is 10.8 Å². The van der Waals surface area contributed by atoms with Crippen molar-refractivity contribution in [2.24, 2.45) is 10.8 Å². The summed E-state index contributed by atoms with van der Waals surface area (Å²) in [5, 5.41) is 0. The first-order chi connectivity index (χ1) is 11.3. The van der Waals surface area contributed by atoms with Crippen LogP contribution >= 0.6 is 0 Å². The van der Waals surface area contributed by atoms with Crippen LogP contribution in [0.3, 0.4) is 0 Å². The predicted octanol–water partition coefficient (Wildman–Crippen LogP) is -2.51. The Hall–Kier alpha value is -1.47. The van der Waals surface area contributed by atoms with Crippen molar-refractivity contribution >= 4 is 17.7 Å². The summed E-state index contributed by atoms with van der Waals surface area (Å²) in [7, 11) is 4.04. The number of likely N-dealkylation sites (tertiary alicyclic amines) is 2. The number of ether oxygens (including phenoxy) is 2. The molecule has 24 heavy (non-hydrogen) atoms. The van der Waals surface area contributed by atoms with Crippen molar-refractivity contribution in [1.82, 2.24) is 0 Å². The molecule has 0 aromatic carbocycles. The van der Waals surface area contributed by atoms with Gasteiger partial charge < -0.3 is 19.3 Å². The number of ketones is 1. The molecule has 0 spiro atoms. The summed E-state index contributed by atoms with van der Waals surface area (Å²) in [6.07, 6.45) is 0.192. The zero-order valence-electron chi connectivity index (χ0n) is 15.2. The Bertz CT molecular complexity index is 463. The van der Waals surface area contributed by atoms with Gasteiger partial charge in [0, 0.05) is 0 Å². The molecule has 7 heteroatoms. The quantitative estimate of drug-likeness (QED) is 0.522. The summed E-state index contributed by atoms with van der Waals surface area (Å²) in [6, 6.07) is 0. The van der Waals surface area contributed by atoms with Crippen LogP contribution in [0.15, 0.2) is 0 Å². The highest BCUT2D eigenvalue weighted by Crippen LogP contribution is 2.38. The largest absolute Gasteiger partial charge is 0.466 e. The average molecular weight is 342 g/mol. The predicted molar refractivity (Wildman–Crippen MR) is 85.6 cm³/mol. The number of esters is 2. The Labute approximate surface area is 143 Å². The Kier molecular flexibility index (Phi) is 5.65. The van der Waals surface area contributed by atoms with Gasteiger partial charge in [-0.2, -0.15) is 0 Å². The van der Waals surface area contributed by atoms with E-state index in [0.29, 0.717) is 39.4 Å². The average Bonchev–Trinajstić information content (AvgIpc) is 2.43. The molecule has 2 rings (SSSR count). The molecule has 2 fully saturated rings. The smallest absolute Gasteiger partial charge is 0.307 e. The standard InChI is InChI=1S/C17H28N2O5/c1-5-23-13(20)7-16-9-18(3)11-17(15(16)22,12-19(4)10-16)8-14(21)24-6-2/h5-12H2,1-4H3/p+2. The van der Waals surface area contributed by atoms with Crippen LogP contribution in [0.4, 0.5) is 0 Å². The number of quaternary nitrogens is 2. The Morgan fingerprint density at radius 1 is 0.875 bits per heavy atom. The van der Waals surface area contributed by atoms with E-state index >= 15 is 0 Å². The van der Waals surface area contributed by atoms with E-state index in [4.69, 9.17) is 9.47 Å². The van der Waals surface area contributed by atoms with Crippen LogP contribution in [0.2, 0.25) is 0 Å². The molecule has 136 valence electrons. The van der Waals surface area contributed by atoms with Crippen molar-refractivity contribution in [2.45, 2.75) is 26.7 Å².